The second-order valence-electron chi connectivity index (χ2n) is 20.8. The molecule has 0 spiro atoms. The number of hydrogen-bond acceptors (Lipinski definition) is 4. The molecule has 0 N–H and O–H groups in total. The van der Waals surface area contributed by atoms with Gasteiger partial charge in [0.1, 0.15) is 17.2 Å². The second-order valence-corrected chi connectivity index (χ2v) is 22.9. The summed E-state index contributed by atoms with van der Waals surface area (Å²) in [6, 6.07) is 88.5. The van der Waals surface area contributed by atoms with Crippen LogP contribution in [0, 0.1) is 17.9 Å². The molecule has 0 aliphatic carbocycles. The summed E-state index contributed by atoms with van der Waals surface area (Å²) in [4.78, 5) is 4.67. The quantitative estimate of drug-likeness (QED) is 0.156. The van der Waals surface area contributed by atoms with E-state index < -0.39 is 0 Å². The van der Waals surface area contributed by atoms with Crippen molar-refractivity contribution < 1.29 is 4.42 Å². The van der Waals surface area contributed by atoms with Crippen molar-refractivity contribution in [2.24, 2.45) is 0 Å². The Morgan fingerprint density at radius 1 is 0.407 bits per heavy atom. The van der Waals surface area contributed by atoms with E-state index in [0.29, 0.717) is 28.2 Å². The monoisotopic (exact) mass is 1060 g/mol. The third kappa shape index (κ3) is 6.45. The van der Waals surface area contributed by atoms with Gasteiger partial charge < -0.3 is 13.6 Å². The maximum absolute atomic E-state index is 12.5. The molecule has 0 aliphatic heterocycles. The average Bonchev–Trinajstić information content (AvgIpc) is 4.22. The Morgan fingerprint density at radius 3 is 1.69 bits per heavy atom. The van der Waals surface area contributed by atoms with Crippen LogP contribution in [0.2, 0.25) is 0 Å². The topological polar surface area (TPSA) is 51.1 Å². The summed E-state index contributed by atoms with van der Waals surface area (Å²) in [5.74, 6) is 0. The van der Waals surface area contributed by atoms with Crippen LogP contribution in [0.25, 0.3) is 167 Å². The summed E-state index contributed by atoms with van der Waals surface area (Å²) in [7, 11) is 0. The van der Waals surface area contributed by atoms with Crippen LogP contribution in [0.4, 0.5) is 5.69 Å². The van der Waals surface area contributed by atoms with Gasteiger partial charge in [-0.15, -0.1) is 22.7 Å². The van der Waals surface area contributed by atoms with E-state index in [-0.39, 0.29) is 0 Å². The normalized spacial score (nSPS) is 11.9. The molecule has 0 unspecified atom stereocenters. The molecule has 5 heterocycles. The van der Waals surface area contributed by atoms with E-state index in [2.05, 4.69) is 214 Å². The molecule has 7 heteroatoms. The lowest BCUT2D eigenvalue weighted by Crippen LogP contribution is -2.09. The van der Waals surface area contributed by atoms with E-state index in [1.807, 2.05) is 48.5 Å². The summed E-state index contributed by atoms with van der Waals surface area (Å²) in [6.07, 6.45) is 0. The molecule has 17 rings (SSSR count). The van der Waals surface area contributed by atoms with E-state index in [1.54, 1.807) is 22.7 Å². The van der Waals surface area contributed by atoms with Gasteiger partial charge >= 0.3 is 0 Å². The van der Waals surface area contributed by atoms with Gasteiger partial charge in [0.05, 0.1) is 55.0 Å². The lowest BCUT2D eigenvalue weighted by Gasteiger charge is -2.26. The molecular weight excluding hydrogens is 1020 g/mol. The Kier molecular flexibility index (Phi) is 9.82. The van der Waals surface area contributed by atoms with Gasteiger partial charge in [-0.25, -0.2) is 4.85 Å². The number of furan rings is 1. The third-order valence-corrected chi connectivity index (χ3v) is 19.0. The Bertz CT molecular complexity index is 5610. The van der Waals surface area contributed by atoms with Crippen molar-refractivity contribution in [2.75, 3.05) is 0 Å². The van der Waals surface area contributed by atoms with Crippen LogP contribution in [0.3, 0.4) is 0 Å². The van der Waals surface area contributed by atoms with Crippen LogP contribution in [0.5, 0.6) is 0 Å². The SMILES string of the molecule is [C-]#[N+]c1c(-c2ccccc2)c(C#N)c(-n2c3c(ccc4c5ccccc5sc43)c3c(-c4ccccc4)cc4c5ccccc5sc4c32)c(-c2ccccc2)c1-n1c2ccccc2c2ccc(-c3cccc4c3oc3ccccc34)cc21. The number of fused-ring (bicyclic) bond motifs is 17. The fourth-order valence-corrected chi connectivity index (χ4v) is 15.7. The summed E-state index contributed by atoms with van der Waals surface area (Å²) in [6.45, 7) is 9.60. The first-order valence-electron chi connectivity index (χ1n) is 27.0. The van der Waals surface area contributed by atoms with Crippen molar-refractivity contribution in [3.8, 4) is 62.0 Å². The standard InChI is InChI=1S/C74H40N4OS2/c1-76-67-64(44-22-7-3-8-23-44)58(42-75)68(78-69-55(39-38-54-51-28-13-17-34-62(51)80-73(54)69)66-56(43-20-5-2-6-21-43)41-57-52-29-14-18-35-63(52)81-74(57)71(66)78)65(45-24-9-4-10-25-45)70(67)77-59-32-15-11-26-48(59)49-37-36-46(40-60(49)77)47-30-19-31-53-50-27-12-16-33-61(50)79-72(47)53/h2-41H. The van der Waals surface area contributed by atoms with Gasteiger partial charge in [-0.05, 0) is 64.2 Å². The average molecular weight is 1070 g/mol. The van der Waals surface area contributed by atoms with E-state index in [1.165, 1.54) is 20.2 Å². The predicted octanol–water partition coefficient (Wildman–Crippen LogP) is 21.6. The maximum Gasteiger partial charge on any atom is 0.220 e. The van der Waals surface area contributed by atoms with Crippen LogP contribution in [-0.2, 0) is 0 Å². The number of para-hydroxylation sites is 3. The predicted molar refractivity (Wildman–Crippen MR) is 341 cm³/mol. The Hall–Kier alpha value is -10.5. The maximum atomic E-state index is 12.5. The summed E-state index contributed by atoms with van der Waals surface area (Å²) >= 11 is 3.59. The van der Waals surface area contributed by atoms with Crippen LogP contribution < -0.4 is 0 Å². The van der Waals surface area contributed by atoms with E-state index in [0.717, 1.165) is 125 Å². The highest BCUT2D eigenvalue weighted by Gasteiger charge is 2.34. The number of nitriles is 1. The van der Waals surface area contributed by atoms with Crippen LogP contribution in [0.15, 0.2) is 247 Å². The van der Waals surface area contributed by atoms with Gasteiger partial charge in [0, 0.05) is 80.0 Å². The smallest absolute Gasteiger partial charge is 0.220 e. The first-order valence-corrected chi connectivity index (χ1v) is 28.6. The minimum Gasteiger partial charge on any atom is -0.455 e. The molecule has 81 heavy (non-hydrogen) atoms. The molecule has 17 aromatic rings. The molecular formula is C74H40N4OS2. The number of rotatable bonds is 6. The zero-order chi connectivity index (χ0) is 53.4. The van der Waals surface area contributed by atoms with Crippen molar-refractivity contribution in [2.45, 2.75) is 0 Å². The largest absolute Gasteiger partial charge is 0.455 e. The molecule has 0 saturated heterocycles. The molecule has 5 aromatic heterocycles. The Labute approximate surface area is 471 Å². The van der Waals surface area contributed by atoms with Gasteiger partial charge in [0.25, 0.3) is 0 Å². The van der Waals surface area contributed by atoms with Gasteiger partial charge in [-0.2, -0.15) is 5.26 Å². The zero-order valence-electron chi connectivity index (χ0n) is 43.1. The number of benzene rings is 12. The molecule has 0 aliphatic rings. The Morgan fingerprint density at radius 2 is 0.975 bits per heavy atom. The highest BCUT2D eigenvalue weighted by atomic mass is 32.1. The second kappa shape index (κ2) is 17.5. The molecule has 0 radical (unpaired) electrons. The fourth-order valence-electron chi connectivity index (χ4n) is 13.2. The number of aromatic nitrogens is 2. The first kappa shape index (κ1) is 45.5. The lowest BCUT2D eigenvalue weighted by atomic mass is 9.88. The highest BCUT2D eigenvalue weighted by Crippen LogP contribution is 2.56. The van der Waals surface area contributed by atoms with E-state index >= 15 is 0 Å². The van der Waals surface area contributed by atoms with Gasteiger partial charge in [-0.1, -0.05) is 206 Å². The first-order chi connectivity index (χ1) is 40.1. The van der Waals surface area contributed by atoms with Crippen molar-refractivity contribution in [1.29, 1.82) is 5.26 Å². The van der Waals surface area contributed by atoms with E-state index in [4.69, 9.17) is 4.42 Å². The van der Waals surface area contributed by atoms with Crippen LogP contribution in [-0.4, -0.2) is 9.13 Å². The Balaban J connectivity index is 1.14. The summed E-state index contributed by atoms with van der Waals surface area (Å²) in [5.41, 5.74) is 15.0. The van der Waals surface area contributed by atoms with Gasteiger partial charge in [-0.3, -0.25) is 0 Å². The van der Waals surface area contributed by atoms with Crippen molar-refractivity contribution >= 4 is 134 Å². The number of hydrogen-bond donors (Lipinski definition) is 0. The molecule has 5 nitrogen and oxygen atoms in total. The zero-order valence-corrected chi connectivity index (χ0v) is 44.7. The highest BCUT2D eigenvalue weighted by molar-refractivity contribution is 7.27. The van der Waals surface area contributed by atoms with Crippen molar-refractivity contribution in [1.82, 2.24) is 9.13 Å². The molecule has 0 amide bonds. The third-order valence-electron chi connectivity index (χ3n) is 16.6. The minimum absolute atomic E-state index is 0.387. The summed E-state index contributed by atoms with van der Waals surface area (Å²) in [5, 5.41) is 23.5. The van der Waals surface area contributed by atoms with Gasteiger partial charge in [0.2, 0.25) is 5.69 Å². The minimum atomic E-state index is 0.387. The molecule has 374 valence electrons. The van der Waals surface area contributed by atoms with Crippen molar-refractivity contribution in [3.05, 3.63) is 260 Å². The van der Waals surface area contributed by atoms with E-state index in [9.17, 15) is 11.8 Å². The number of nitrogens with zero attached hydrogens (tertiary/aromatic N) is 4. The molecule has 0 fully saturated rings. The number of thiophene rings is 2. The molecule has 0 bridgehead atoms. The molecule has 12 aromatic carbocycles. The van der Waals surface area contributed by atoms with Crippen LogP contribution >= 0.6 is 22.7 Å². The fraction of sp³-hybridized carbons (Fsp3) is 0. The summed E-state index contributed by atoms with van der Waals surface area (Å²) < 4.78 is 16.1. The lowest BCUT2D eigenvalue weighted by molar-refractivity contribution is 0.670. The van der Waals surface area contributed by atoms with Crippen LogP contribution in [0.1, 0.15) is 5.56 Å². The molecule has 0 atom stereocenters. The van der Waals surface area contributed by atoms with Gasteiger partial charge in [0.15, 0.2) is 0 Å². The van der Waals surface area contributed by atoms with Crippen molar-refractivity contribution in [3.63, 3.8) is 0 Å². The molecule has 0 saturated carbocycles.